The zero-order chi connectivity index (χ0) is 22.5. The number of rotatable bonds is 2. The monoisotopic (exact) mass is 540 g/mol. The number of nitrogens with zero attached hydrogens (tertiary/aromatic N) is 2. The maximum atomic E-state index is 12.5. The fourth-order valence-electron chi connectivity index (χ4n) is 2.74. The first kappa shape index (κ1) is 20.2. The van der Waals surface area contributed by atoms with Crippen molar-refractivity contribution in [3.8, 4) is 0 Å². The van der Waals surface area contributed by atoms with Gasteiger partial charge in [-0.1, -0.05) is 0 Å². The van der Waals surface area contributed by atoms with Crippen LogP contribution < -0.4 is 0 Å². The van der Waals surface area contributed by atoms with E-state index < -0.39 is 76.3 Å². The molecule has 14 nitrogen and oxygen atoms in total. The summed E-state index contributed by atoms with van der Waals surface area (Å²) in [4.78, 5) is 72.0. The molecule has 4 rings (SSSR count). The molecule has 15 heteroatoms. The fraction of sp³-hybridized carbons (Fsp3) is 0. The van der Waals surface area contributed by atoms with Crippen molar-refractivity contribution in [2.45, 2.75) is 0 Å². The molecule has 4 bridgehead atoms. The van der Waals surface area contributed by atoms with E-state index in [1.165, 1.54) is 0 Å². The average Bonchev–Trinajstić information content (AvgIpc) is 2.71. The summed E-state index contributed by atoms with van der Waals surface area (Å²) in [5.41, 5.74) is -3.06. The molecule has 0 saturated heterocycles. The molecule has 2 aromatic rings. The zero-order valence-corrected chi connectivity index (χ0v) is 17.7. The van der Waals surface area contributed by atoms with Crippen LogP contribution in [-0.2, 0) is 12.5 Å². The van der Waals surface area contributed by atoms with Crippen molar-refractivity contribution in [2.24, 2.45) is 0 Å². The Morgan fingerprint density at radius 2 is 1.13 bits per heavy atom. The molecule has 156 valence electrons. The Morgan fingerprint density at radius 3 is 1.48 bits per heavy atom. The van der Waals surface area contributed by atoms with Crippen LogP contribution in [-0.4, -0.2) is 64.0 Å². The third kappa shape index (κ3) is 3.41. The quantitative estimate of drug-likeness (QED) is 0.522. The summed E-state index contributed by atoms with van der Waals surface area (Å²) in [5, 5.41) is 18.5. The van der Waals surface area contributed by atoms with Gasteiger partial charge in [-0.3, -0.25) is 0 Å². The average molecular weight is 539 g/mol. The van der Waals surface area contributed by atoms with Crippen molar-refractivity contribution < 1.29 is 51.7 Å². The summed E-state index contributed by atoms with van der Waals surface area (Å²) in [6.07, 6.45) is 0. The number of hydrogen-bond donors (Lipinski definition) is 2. The molecule has 2 aliphatic heterocycles. The van der Waals surface area contributed by atoms with Gasteiger partial charge in [0.25, 0.3) is 0 Å². The number of carboxylic acids is 2. The van der Waals surface area contributed by atoms with Gasteiger partial charge < -0.3 is 0 Å². The topological polar surface area (TPSA) is 186 Å². The molecule has 0 saturated carbocycles. The molecule has 1 spiro atoms. The first-order valence-electron chi connectivity index (χ1n) is 8.14. The normalized spacial score (nSPS) is 16.5. The van der Waals surface area contributed by atoms with Crippen LogP contribution in [0.25, 0.3) is 0 Å². The number of benzene rings is 2. The van der Waals surface area contributed by atoms with Crippen LogP contribution in [0.5, 0.6) is 0 Å². The minimum absolute atomic E-state index is 0.316. The molecular weight excluding hydrogens is 531 g/mol. The van der Waals surface area contributed by atoms with Gasteiger partial charge in [0.05, 0.1) is 0 Å². The Kier molecular flexibility index (Phi) is 4.57. The molecule has 0 unspecified atom stereocenters. The zero-order valence-electron chi connectivity index (χ0n) is 14.8. The van der Waals surface area contributed by atoms with Gasteiger partial charge in [0.1, 0.15) is 0 Å². The van der Waals surface area contributed by atoms with E-state index in [1.54, 1.807) is 0 Å². The second-order valence-corrected chi connectivity index (χ2v) is 11.1. The van der Waals surface area contributed by atoms with Crippen LogP contribution in [0.2, 0.25) is 0 Å². The molecule has 31 heavy (non-hydrogen) atoms. The SMILES string of the molecule is O=C1[O][Sn]2([O]C(=O)c3ccc(C(=O)O)c(c3)[N+](=O)[O]2)[O][N+](=O)c2cc1ccc2C(=O)O. The van der Waals surface area contributed by atoms with E-state index in [4.69, 9.17) is 12.5 Å². The van der Waals surface area contributed by atoms with Crippen LogP contribution in [0.3, 0.4) is 0 Å². The summed E-state index contributed by atoms with van der Waals surface area (Å²) < 4.78 is 19.8. The molecule has 2 heterocycles. The van der Waals surface area contributed by atoms with Gasteiger partial charge in [-0.15, -0.1) is 0 Å². The summed E-state index contributed by atoms with van der Waals surface area (Å²) >= 11 is -6.28. The van der Waals surface area contributed by atoms with Crippen molar-refractivity contribution in [2.75, 3.05) is 0 Å². The second kappa shape index (κ2) is 7.01. The summed E-state index contributed by atoms with van der Waals surface area (Å²) in [6, 6.07) is 5.68. The molecule has 0 aromatic heterocycles. The van der Waals surface area contributed by atoms with Crippen molar-refractivity contribution in [1.29, 1.82) is 0 Å². The van der Waals surface area contributed by atoms with E-state index in [0.29, 0.717) is 0 Å². The van der Waals surface area contributed by atoms with E-state index in [-0.39, 0.29) is 11.1 Å². The number of fused-ring (bicyclic) bond motifs is 4. The first-order valence-corrected chi connectivity index (χ1v) is 12.8. The van der Waals surface area contributed by atoms with Crippen LogP contribution in [0, 0.1) is 9.81 Å². The summed E-state index contributed by atoms with van der Waals surface area (Å²) in [6.45, 7) is 0. The van der Waals surface area contributed by atoms with Crippen LogP contribution in [0.4, 0.5) is 11.4 Å². The van der Waals surface area contributed by atoms with Gasteiger partial charge in [-0.2, -0.15) is 0 Å². The van der Waals surface area contributed by atoms with Gasteiger partial charge in [0.2, 0.25) is 0 Å². The Morgan fingerprint density at radius 1 is 0.742 bits per heavy atom. The van der Waals surface area contributed by atoms with Gasteiger partial charge in [-0.05, 0) is 0 Å². The van der Waals surface area contributed by atoms with Crippen molar-refractivity contribution in [3.05, 3.63) is 68.5 Å². The van der Waals surface area contributed by atoms with E-state index in [0.717, 1.165) is 36.4 Å². The van der Waals surface area contributed by atoms with Crippen molar-refractivity contribution in [1.82, 2.24) is 0 Å². The standard InChI is InChI=1S/2C8H5NO6.Sn/c2*10-7(11)4-1-2-5(8(12)13)6(3-4)9(14)15;/h2*1-3H,(H,10,11)(H,12,13);/q;;+4/p-2. The molecule has 0 amide bonds. The molecular formula is C16H8N2O12Sn+2. The van der Waals surface area contributed by atoms with E-state index in [2.05, 4.69) is 0 Å². The molecule has 0 radical (unpaired) electrons. The number of aromatic carboxylic acids is 2. The molecule has 0 fully saturated rings. The third-order valence-corrected chi connectivity index (χ3v) is 8.85. The Bertz CT molecular complexity index is 1140. The van der Waals surface area contributed by atoms with Crippen molar-refractivity contribution >= 4 is 55.3 Å². The predicted molar refractivity (Wildman–Crippen MR) is 92.1 cm³/mol. The third-order valence-electron chi connectivity index (χ3n) is 4.15. The molecule has 2 aliphatic rings. The molecule has 0 aliphatic carbocycles. The van der Waals surface area contributed by atoms with Gasteiger partial charge >= 0.3 is 175 Å². The fourth-order valence-corrected chi connectivity index (χ4v) is 7.07. The first-order chi connectivity index (χ1) is 14.6. The molecule has 0 atom stereocenters. The molecule has 2 N–H and O–H groups in total. The van der Waals surface area contributed by atoms with Crippen LogP contribution in [0.1, 0.15) is 41.4 Å². The molecule has 2 aromatic carbocycles. The number of carbonyl (C=O) groups is 4. The summed E-state index contributed by atoms with van der Waals surface area (Å²) in [5.74, 6) is -5.53. The number of hydrogen-bond acceptors (Lipinski definition) is 10. The Balaban J connectivity index is 1.83. The van der Waals surface area contributed by atoms with Crippen LogP contribution >= 0.6 is 0 Å². The van der Waals surface area contributed by atoms with E-state index in [9.17, 15) is 39.2 Å². The van der Waals surface area contributed by atoms with Gasteiger partial charge in [0.15, 0.2) is 0 Å². The Hall–Kier alpha value is -4.08. The van der Waals surface area contributed by atoms with E-state index in [1.807, 2.05) is 0 Å². The maximum absolute atomic E-state index is 12.5. The minimum atomic E-state index is -6.28. The van der Waals surface area contributed by atoms with Crippen LogP contribution in [0.15, 0.2) is 36.4 Å². The van der Waals surface area contributed by atoms with E-state index >= 15 is 0 Å². The summed E-state index contributed by atoms with van der Waals surface area (Å²) in [7, 11) is 0. The Labute approximate surface area is 175 Å². The number of carbonyl (C=O) groups excluding carboxylic acids is 2. The predicted octanol–water partition coefficient (Wildman–Crippen LogP) is 1.24. The number of carboxylic acid groups (broad SMARTS) is 2. The second-order valence-electron chi connectivity index (χ2n) is 6.05. The van der Waals surface area contributed by atoms with Gasteiger partial charge in [-0.25, -0.2) is 0 Å². The van der Waals surface area contributed by atoms with Gasteiger partial charge in [0, 0.05) is 0 Å². The van der Waals surface area contributed by atoms with Crippen molar-refractivity contribution in [3.63, 3.8) is 0 Å².